The monoisotopic (exact) mass is 454 g/mol. The van der Waals surface area contributed by atoms with Crippen molar-refractivity contribution in [2.24, 2.45) is 5.73 Å². The third-order valence-electron chi connectivity index (χ3n) is 4.79. The summed E-state index contributed by atoms with van der Waals surface area (Å²) < 4.78 is 22.7. The maximum Gasteiger partial charge on any atom is 0.344 e. The molecule has 0 radical (unpaired) electrons. The van der Waals surface area contributed by atoms with Crippen molar-refractivity contribution in [1.29, 1.82) is 5.26 Å². The van der Waals surface area contributed by atoms with E-state index in [1.54, 1.807) is 36.4 Å². The first-order valence-electron chi connectivity index (χ1n) is 8.54. The highest BCUT2D eigenvalue weighted by Gasteiger charge is 2.37. The van der Waals surface area contributed by atoms with Crippen molar-refractivity contribution in [3.05, 3.63) is 73.9 Å². The van der Waals surface area contributed by atoms with Crippen LogP contribution in [0.4, 0.5) is 0 Å². The fraction of sp³-hybridized carbons (Fsp3) is 0.143. The van der Waals surface area contributed by atoms with Crippen LogP contribution < -0.4 is 25.6 Å². The maximum absolute atomic E-state index is 12.9. The number of nitrogens with two attached hydrogens (primary N) is 1. The molecular weight excluding hydrogens is 440 g/mol. The minimum Gasteiger partial charge on any atom is -0.496 e. The molecule has 0 bridgehead atoms. The first kappa shape index (κ1) is 18.9. The van der Waals surface area contributed by atoms with Gasteiger partial charge in [-0.3, -0.25) is 0 Å². The van der Waals surface area contributed by atoms with Crippen molar-refractivity contribution < 1.29 is 18.6 Å². The Bertz CT molecular complexity index is 1270. The molecule has 146 valence electrons. The molecule has 29 heavy (non-hydrogen) atoms. The molecule has 0 amide bonds. The van der Waals surface area contributed by atoms with Crippen molar-refractivity contribution in [3.8, 4) is 23.3 Å². The Morgan fingerprint density at radius 1 is 1.17 bits per heavy atom. The third kappa shape index (κ3) is 2.91. The molecule has 0 aliphatic carbocycles. The van der Waals surface area contributed by atoms with E-state index in [1.807, 2.05) is 0 Å². The van der Waals surface area contributed by atoms with Gasteiger partial charge in [0.15, 0.2) is 5.75 Å². The molecule has 0 unspecified atom stereocenters. The SMILES string of the molecule is COc1cc(OC)c([C@H]2C(C#N)=C(N)Oc3c2c(=O)oc2ccccc32)cc1Br. The molecule has 7 nitrogen and oxygen atoms in total. The summed E-state index contributed by atoms with van der Waals surface area (Å²) in [5.74, 6) is 0.332. The second-order valence-corrected chi connectivity index (χ2v) is 7.14. The highest BCUT2D eigenvalue weighted by molar-refractivity contribution is 9.10. The van der Waals surface area contributed by atoms with E-state index in [0.29, 0.717) is 32.5 Å². The molecule has 0 saturated carbocycles. The first-order valence-corrected chi connectivity index (χ1v) is 9.34. The predicted octanol–water partition coefficient (Wildman–Crippen LogP) is 3.79. The molecule has 1 atom stereocenters. The first-order chi connectivity index (χ1) is 14.0. The van der Waals surface area contributed by atoms with E-state index in [0.717, 1.165) is 0 Å². The number of fused-ring (bicyclic) bond motifs is 3. The third-order valence-corrected chi connectivity index (χ3v) is 5.41. The average Bonchev–Trinajstić information content (AvgIpc) is 2.72. The fourth-order valence-electron chi connectivity index (χ4n) is 3.49. The number of hydrogen-bond donors (Lipinski definition) is 1. The molecule has 0 saturated heterocycles. The Morgan fingerprint density at radius 3 is 2.59 bits per heavy atom. The topological polar surface area (TPSA) is 108 Å². The van der Waals surface area contributed by atoms with Gasteiger partial charge in [-0.25, -0.2) is 4.79 Å². The van der Waals surface area contributed by atoms with Gasteiger partial charge in [-0.2, -0.15) is 5.26 Å². The normalized spacial score (nSPS) is 15.4. The van der Waals surface area contributed by atoms with Crippen LogP contribution in [0.3, 0.4) is 0 Å². The predicted molar refractivity (Wildman–Crippen MR) is 109 cm³/mol. The number of allylic oxidation sites excluding steroid dienone is 1. The molecular formula is C21H15BrN2O5. The molecule has 0 spiro atoms. The van der Waals surface area contributed by atoms with Gasteiger partial charge < -0.3 is 24.4 Å². The fourth-order valence-corrected chi connectivity index (χ4v) is 4.01. The van der Waals surface area contributed by atoms with E-state index in [9.17, 15) is 10.1 Å². The summed E-state index contributed by atoms with van der Waals surface area (Å²) in [6.45, 7) is 0. The average molecular weight is 455 g/mol. The second kappa shape index (κ2) is 7.18. The minimum absolute atomic E-state index is 0.0743. The quantitative estimate of drug-likeness (QED) is 0.599. The number of benzene rings is 2. The zero-order valence-electron chi connectivity index (χ0n) is 15.5. The number of ether oxygens (including phenoxy) is 3. The van der Waals surface area contributed by atoms with Crippen molar-refractivity contribution in [3.63, 3.8) is 0 Å². The highest BCUT2D eigenvalue weighted by Crippen LogP contribution is 2.47. The van der Waals surface area contributed by atoms with Crippen LogP contribution in [0.15, 0.2) is 61.5 Å². The zero-order chi connectivity index (χ0) is 20.7. The lowest BCUT2D eigenvalue weighted by atomic mass is 9.83. The maximum atomic E-state index is 12.9. The standard InChI is InChI=1S/C21H15BrN2O5/c1-26-15-8-16(27-2)13(22)7-11(15)17-12(9-23)20(24)29-19-10-5-3-4-6-14(10)28-21(25)18(17)19/h3-8,17H,24H2,1-2H3/t17-/m0/s1. The highest BCUT2D eigenvalue weighted by atomic mass is 79.9. The molecule has 8 heteroatoms. The van der Waals surface area contributed by atoms with Crippen LogP contribution >= 0.6 is 15.9 Å². The van der Waals surface area contributed by atoms with E-state index >= 15 is 0 Å². The summed E-state index contributed by atoms with van der Waals surface area (Å²) in [6.07, 6.45) is 0. The van der Waals surface area contributed by atoms with Gasteiger partial charge in [0.1, 0.15) is 28.7 Å². The second-order valence-electron chi connectivity index (χ2n) is 6.28. The van der Waals surface area contributed by atoms with Gasteiger partial charge in [0.05, 0.1) is 35.6 Å². The van der Waals surface area contributed by atoms with Crippen LogP contribution in [0.5, 0.6) is 17.2 Å². The minimum atomic E-state index is -0.832. The van der Waals surface area contributed by atoms with Gasteiger partial charge >= 0.3 is 5.63 Å². The summed E-state index contributed by atoms with van der Waals surface area (Å²) >= 11 is 3.45. The summed E-state index contributed by atoms with van der Waals surface area (Å²) in [5, 5.41) is 10.4. The summed E-state index contributed by atoms with van der Waals surface area (Å²) in [7, 11) is 3.02. The Labute approximate surface area is 174 Å². The largest absolute Gasteiger partial charge is 0.496 e. The van der Waals surface area contributed by atoms with Crippen molar-refractivity contribution in [2.75, 3.05) is 14.2 Å². The van der Waals surface area contributed by atoms with E-state index in [4.69, 9.17) is 24.4 Å². The van der Waals surface area contributed by atoms with E-state index < -0.39 is 11.5 Å². The van der Waals surface area contributed by atoms with Gasteiger partial charge in [0.25, 0.3) is 0 Å². The lowest BCUT2D eigenvalue weighted by Gasteiger charge is -2.27. The van der Waals surface area contributed by atoms with Crippen LogP contribution in [0.1, 0.15) is 17.0 Å². The van der Waals surface area contributed by atoms with E-state index in [-0.39, 0.29) is 22.8 Å². The summed E-state index contributed by atoms with van der Waals surface area (Å²) in [5.41, 5.74) is 6.66. The number of rotatable bonds is 3. The Morgan fingerprint density at radius 2 is 1.90 bits per heavy atom. The van der Waals surface area contributed by atoms with Crippen LogP contribution in [0.25, 0.3) is 11.0 Å². The number of methoxy groups -OCH3 is 2. The molecule has 4 rings (SSSR count). The Kier molecular flexibility index (Phi) is 4.68. The van der Waals surface area contributed by atoms with Crippen LogP contribution in [0.2, 0.25) is 0 Å². The van der Waals surface area contributed by atoms with Crippen molar-refractivity contribution >= 4 is 26.9 Å². The number of nitriles is 1. The number of nitrogens with zero attached hydrogens (tertiary/aromatic N) is 1. The molecule has 0 fully saturated rings. The zero-order valence-corrected chi connectivity index (χ0v) is 17.1. The molecule has 2 heterocycles. The van der Waals surface area contributed by atoms with Gasteiger partial charge in [-0.05, 0) is 34.1 Å². The summed E-state index contributed by atoms with van der Waals surface area (Å²) in [6, 6.07) is 12.4. The molecule has 1 aliphatic heterocycles. The van der Waals surface area contributed by atoms with Crippen LogP contribution in [0, 0.1) is 11.3 Å². The van der Waals surface area contributed by atoms with Crippen LogP contribution in [-0.2, 0) is 0 Å². The molecule has 1 aliphatic rings. The van der Waals surface area contributed by atoms with Crippen LogP contribution in [-0.4, -0.2) is 14.2 Å². The van der Waals surface area contributed by atoms with Crippen molar-refractivity contribution in [1.82, 2.24) is 0 Å². The number of para-hydroxylation sites is 1. The van der Waals surface area contributed by atoms with Gasteiger partial charge in [-0.1, -0.05) is 12.1 Å². The molecule has 2 N–H and O–H groups in total. The van der Waals surface area contributed by atoms with E-state index in [1.165, 1.54) is 14.2 Å². The number of hydrogen-bond acceptors (Lipinski definition) is 7. The molecule has 1 aromatic heterocycles. The Hall–Kier alpha value is -3.44. The van der Waals surface area contributed by atoms with Gasteiger partial charge in [0.2, 0.25) is 5.88 Å². The lowest BCUT2D eigenvalue weighted by molar-refractivity contribution is 0.377. The van der Waals surface area contributed by atoms with Crippen molar-refractivity contribution in [2.45, 2.75) is 5.92 Å². The lowest BCUT2D eigenvalue weighted by Crippen LogP contribution is -2.26. The van der Waals surface area contributed by atoms with E-state index in [2.05, 4.69) is 22.0 Å². The summed E-state index contributed by atoms with van der Waals surface area (Å²) in [4.78, 5) is 12.9. The smallest absolute Gasteiger partial charge is 0.344 e. The van der Waals surface area contributed by atoms with Gasteiger partial charge in [-0.15, -0.1) is 0 Å². The molecule has 3 aromatic rings. The van der Waals surface area contributed by atoms with Gasteiger partial charge in [0, 0.05) is 11.6 Å². The Balaban J connectivity index is 2.10. The molecule has 2 aromatic carbocycles. The number of halogens is 1.